The zero-order valence-electron chi connectivity index (χ0n) is 9.64. The van der Waals surface area contributed by atoms with Crippen molar-refractivity contribution in [2.75, 3.05) is 5.32 Å². The number of halogens is 2. The Morgan fingerprint density at radius 2 is 2.21 bits per heavy atom. The summed E-state index contributed by atoms with van der Waals surface area (Å²) in [5.41, 5.74) is 0.952. The molecule has 98 valence electrons. The lowest BCUT2D eigenvalue weighted by atomic mass is 10.2. The molecule has 2 rings (SSSR count). The average Bonchev–Trinajstić information content (AvgIpc) is 2.40. The molecule has 0 saturated carbocycles. The van der Waals surface area contributed by atoms with Crippen molar-refractivity contribution in [3.63, 3.8) is 0 Å². The van der Waals surface area contributed by atoms with Crippen molar-refractivity contribution in [3.05, 3.63) is 63.2 Å². The molecule has 0 amide bonds. The molecule has 0 unspecified atom stereocenters. The summed E-state index contributed by atoms with van der Waals surface area (Å²) in [6.07, 6.45) is 2.62. The fraction of sp³-hybridized carbons (Fsp3) is 0.0833. The first-order valence-electron chi connectivity index (χ1n) is 5.34. The van der Waals surface area contributed by atoms with E-state index in [2.05, 4.69) is 10.3 Å². The van der Waals surface area contributed by atoms with E-state index < -0.39 is 10.7 Å². The Bertz CT molecular complexity index is 622. The lowest BCUT2D eigenvalue weighted by Crippen LogP contribution is -2.03. The fourth-order valence-electron chi connectivity index (χ4n) is 1.53. The second-order valence-corrected chi connectivity index (χ2v) is 4.16. The van der Waals surface area contributed by atoms with Gasteiger partial charge in [0.1, 0.15) is 17.7 Å². The molecule has 0 aliphatic rings. The second kappa shape index (κ2) is 5.62. The molecule has 0 spiro atoms. The van der Waals surface area contributed by atoms with Crippen LogP contribution in [0.4, 0.5) is 15.8 Å². The highest BCUT2D eigenvalue weighted by molar-refractivity contribution is 6.30. The first-order chi connectivity index (χ1) is 9.08. The highest BCUT2D eigenvalue weighted by atomic mass is 35.5. The Kier molecular flexibility index (Phi) is 3.91. The van der Waals surface area contributed by atoms with E-state index in [-0.39, 0.29) is 10.7 Å². The number of aromatic nitrogens is 1. The van der Waals surface area contributed by atoms with Crippen molar-refractivity contribution < 1.29 is 9.31 Å². The monoisotopic (exact) mass is 281 g/mol. The minimum Gasteiger partial charge on any atom is -0.375 e. The first kappa shape index (κ1) is 13.2. The molecule has 0 atom stereocenters. The minimum atomic E-state index is -0.521. The van der Waals surface area contributed by atoms with Crippen molar-refractivity contribution in [3.8, 4) is 0 Å². The van der Waals surface area contributed by atoms with Crippen molar-refractivity contribution >= 4 is 23.0 Å². The van der Waals surface area contributed by atoms with E-state index >= 15 is 0 Å². The maximum absolute atomic E-state index is 13.0. The summed E-state index contributed by atoms with van der Waals surface area (Å²) in [4.78, 5) is 14.0. The average molecular weight is 282 g/mol. The van der Waals surface area contributed by atoms with Gasteiger partial charge in [0.15, 0.2) is 0 Å². The van der Waals surface area contributed by atoms with Gasteiger partial charge in [-0.15, -0.1) is 0 Å². The van der Waals surface area contributed by atoms with Gasteiger partial charge in [-0.25, -0.2) is 4.39 Å². The summed E-state index contributed by atoms with van der Waals surface area (Å²) in [6, 6.07) is 5.78. The summed E-state index contributed by atoms with van der Waals surface area (Å²) in [6.45, 7) is 0.296. The van der Waals surface area contributed by atoms with Gasteiger partial charge in [-0.1, -0.05) is 17.7 Å². The highest BCUT2D eigenvalue weighted by Gasteiger charge is 2.12. The van der Waals surface area contributed by atoms with Crippen molar-refractivity contribution in [2.24, 2.45) is 0 Å². The van der Waals surface area contributed by atoms with Crippen LogP contribution in [-0.2, 0) is 6.54 Å². The summed E-state index contributed by atoms with van der Waals surface area (Å²) in [5.74, 6) is -0.500. The third-order valence-electron chi connectivity index (χ3n) is 2.46. The Balaban J connectivity index is 2.14. The third kappa shape index (κ3) is 3.17. The van der Waals surface area contributed by atoms with Crippen molar-refractivity contribution in [2.45, 2.75) is 6.54 Å². The molecule has 7 heteroatoms. The van der Waals surface area contributed by atoms with E-state index in [9.17, 15) is 14.5 Å². The van der Waals surface area contributed by atoms with E-state index in [1.165, 1.54) is 30.6 Å². The molecule has 0 aliphatic carbocycles. The number of hydrogen-bond acceptors (Lipinski definition) is 4. The van der Waals surface area contributed by atoms with Gasteiger partial charge in [0.2, 0.25) is 0 Å². The summed E-state index contributed by atoms with van der Waals surface area (Å²) in [7, 11) is 0. The molecular formula is C12H9ClFN3O2. The van der Waals surface area contributed by atoms with Crippen LogP contribution in [0.25, 0.3) is 0 Å². The van der Waals surface area contributed by atoms with Gasteiger partial charge < -0.3 is 5.32 Å². The molecule has 5 nitrogen and oxygen atoms in total. The van der Waals surface area contributed by atoms with Crippen molar-refractivity contribution in [1.29, 1.82) is 0 Å². The number of rotatable bonds is 4. The number of pyridine rings is 1. The van der Waals surface area contributed by atoms with Crippen LogP contribution in [0.2, 0.25) is 5.02 Å². The zero-order chi connectivity index (χ0) is 13.8. The van der Waals surface area contributed by atoms with Gasteiger partial charge >= 0.3 is 5.69 Å². The number of nitro groups is 1. The molecule has 19 heavy (non-hydrogen) atoms. The van der Waals surface area contributed by atoms with Crippen LogP contribution >= 0.6 is 11.6 Å². The molecule has 0 saturated heterocycles. The molecule has 0 bridgehead atoms. The maximum Gasteiger partial charge on any atom is 0.310 e. The maximum atomic E-state index is 13.0. The normalized spacial score (nSPS) is 10.2. The number of anilines is 1. The number of nitrogens with one attached hydrogen (secondary N) is 1. The Morgan fingerprint density at radius 3 is 2.89 bits per heavy atom. The Morgan fingerprint density at radius 1 is 1.42 bits per heavy atom. The third-order valence-corrected chi connectivity index (χ3v) is 2.75. The van der Waals surface area contributed by atoms with Crippen LogP contribution in [0, 0.1) is 15.9 Å². The number of nitrogens with zero attached hydrogens (tertiary/aromatic N) is 2. The van der Waals surface area contributed by atoms with Crippen LogP contribution in [0.3, 0.4) is 0 Å². The van der Waals surface area contributed by atoms with Gasteiger partial charge in [0.25, 0.3) is 0 Å². The van der Waals surface area contributed by atoms with E-state index in [1.807, 2.05) is 0 Å². The van der Waals surface area contributed by atoms with Gasteiger partial charge in [-0.2, -0.15) is 0 Å². The predicted molar refractivity (Wildman–Crippen MR) is 69.6 cm³/mol. The molecule has 2 aromatic rings. The van der Waals surface area contributed by atoms with E-state index in [0.29, 0.717) is 12.2 Å². The first-order valence-corrected chi connectivity index (χ1v) is 5.72. The number of benzene rings is 1. The number of hydrogen-bond donors (Lipinski definition) is 1. The van der Waals surface area contributed by atoms with Crippen LogP contribution in [0.1, 0.15) is 5.56 Å². The second-order valence-electron chi connectivity index (χ2n) is 3.75. The minimum absolute atomic E-state index is 0.0172. The van der Waals surface area contributed by atoms with Gasteiger partial charge in [0.05, 0.1) is 9.95 Å². The predicted octanol–water partition coefficient (Wildman–Crippen LogP) is 3.39. The van der Waals surface area contributed by atoms with Crippen LogP contribution < -0.4 is 5.32 Å². The quantitative estimate of drug-likeness (QED) is 0.689. The van der Waals surface area contributed by atoms with E-state index in [1.54, 1.807) is 6.07 Å². The summed E-state index contributed by atoms with van der Waals surface area (Å²) < 4.78 is 13.0. The zero-order valence-corrected chi connectivity index (χ0v) is 10.4. The fourth-order valence-corrected chi connectivity index (χ4v) is 1.73. The van der Waals surface area contributed by atoms with Gasteiger partial charge in [-0.3, -0.25) is 15.1 Å². The van der Waals surface area contributed by atoms with Crippen LogP contribution in [0.15, 0.2) is 36.7 Å². The summed E-state index contributed by atoms with van der Waals surface area (Å²) in [5, 5.41) is 13.7. The molecule has 0 fully saturated rings. The molecule has 1 aromatic carbocycles. The van der Waals surface area contributed by atoms with Gasteiger partial charge in [0, 0.05) is 12.7 Å². The van der Waals surface area contributed by atoms with Crippen LogP contribution in [-0.4, -0.2) is 9.91 Å². The van der Waals surface area contributed by atoms with E-state index in [4.69, 9.17) is 11.6 Å². The van der Waals surface area contributed by atoms with Gasteiger partial charge in [-0.05, 0) is 23.8 Å². The SMILES string of the molecule is O=[N+]([O-])c1cnccc1NCc1ccc(F)c(Cl)c1. The smallest absolute Gasteiger partial charge is 0.310 e. The Labute approximate surface area is 113 Å². The lowest BCUT2D eigenvalue weighted by Gasteiger charge is -2.07. The standard InChI is InChI=1S/C12H9ClFN3O2/c13-9-5-8(1-2-10(9)14)6-16-11-3-4-15-7-12(11)17(18)19/h1-5,7H,6H2,(H,15,16). The molecule has 1 aromatic heterocycles. The van der Waals surface area contributed by atoms with E-state index in [0.717, 1.165) is 5.56 Å². The molecule has 1 N–H and O–H groups in total. The molecule has 1 heterocycles. The highest BCUT2D eigenvalue weighted by Crippen LogP contribution is 2.23. The van der Waals surface area contributed by atoms with Crippen LogP contribution in [0.5, 0.6) is 0 Å². The topological polar surface area (TPSA) is 68.1 Å². The Hall–Kier alpha value is -2.21. The summed E-state index contributed by atoms with van der Waals surface area (Å²) >= 11 is 5.66. The largest absolute Gasteiger partial charge is 0.375 e. The van der Waals surface area contributed by atoms with Crippen molar-refractivity contribution in [1.82, 2.24) is 4.98 Å². The molecular weight excluding hydrogens is 273 g/mol. The lowest BCUT2D eigenvalue weighted by molar-refractivity contribution is -0.384. The molecule has 0 aliphatic heterocycles. The molecule has 0 radical (unpaired) electrons.